The van der Waals surface area contributed by atoms with E-state index in [1.165, 1.54) is 6.08 Å². The third kappa shape index (κ3) is 4.55. The summed E-state index contributed by atoms with van der Waals surface area (Å²) in [6.45, 7) is 2.28. The Labute approximate surface area is 172 Å². The molecule has 0 bridgehead atoms. The summed E-state index contributed by atoms with van der Waals surface area (Å²) in [7, 11) is 0. The van der Waals surface area contributed by atoms with Crippen LogP contribution in [0.2, 0.25) is 10.0 Å². The maximum atomic E-state index is 12.3. The molecule has 0 saturated carbocycles. The second-order valence-electron chi connectivity index (χ2n) is 5.97. The minimum absolute atomic E-state index is 0.246. The van der Waals surface area contributed by atoms with Crippen molar-refractivity contribution in [1.82, 2.24) is 10.3 Å². The molecule has 0 unspecified atom stereocenters. The molecular formula is C21H18Cl2N2O3. The molecule has 3 rings (SSSR count). The fraction of sp³-hybridized carbons (Fsp3) is 0.143. The molecule has 2 aromatic carbocycles. The number of halogens is 2. The second kappa shape index (κ2) is 8.95. The number of amides is 1. The molecule has 0 atom stereocenters. The zero-order valence-electron chi connectivity index (χ0n) is 15.1. The lowest BCUT2D eigenvalue weighted by atomic mass is 10.1. The predicted octanol–water partition coefficient (Wildman–Crippen LogP) is 4.98. The molecule has 1 heterocycles. The molecule has 0 aliphatic carbocycles. The van der Waals surface area contributed by atoms with Gasteiger partial charge in [-0.25, -0.2) is 4.79 Å². The van der Waals surface area contributed by atoms with Gasteiger partial charge in [0.2, 0.25) is 5.91 Å². The summed E-state index contributed by atoms with van der Waals surface area (Å²) in [5.41, 5.74) is 2.35. The van der Waals surface area contributed by atoms with Gasteiger partial charge < -0.3 is 15.0 Å². The topological polar surface area (TPSA) is 71.2 Å². The largest absolute Gasteiger partial charge is 0.461 e. The van der Waals surface area contributed by atoms with Crippen LogP contribution in [0.4, 0.5) is 0 Å². The quantitative estimate of drug-likeness (QED) is 0.439. The minimum atomic E-state index is -0.494. The fourth-order valence-electron chi connectivity index (χ4n) is 2.77. The predicted molar refractivity (Wildman–Crippen MR) is 112 cm³/mol. The summed E-state index contributed by atoms with van der Waals surface area (Å²) in [5, 5.41) is 4.67. The first-order valence-corrected chi connectivity index (χ1v) is 9.43. The van der Waals surface area contributed by atoms with E-state index >= 15 is 0 Å². The van der Waals surface area contributed by atoms with Crippen molar-refractivity contribution in [1.29, 1.82) is 0 Å². The van der Waals surface area contributed by atoms with Crippen LogP contribution < -0.4 is 5.32 Å². The smallest absolute Gasteiger partial charge is 0.355 e. The first-order valence-electron chi connectivity index (χ1n) is 8.67. The average molecular weight is 417 g/mol. The van der Waals surface area contributed by atoms with Gasteiger partial charge in [-0.15, -0.1) is 0 Å². The highest BCUT2D eigenvalue weighted by Gasteiger charge is 2.17. The van der Waals surface area contributed by atoms with Gasteiger partial charge in [0.25, 0.3) is 0 Å². The molecule has 7 heteroatoms. The van der Waals surface area contributed by atoms with E-state index in [9.17, 15) is 9.59 Å². The molecule has 3 aromatic rings. The Hall–Kier alpha value is -2.76. The molecule has 1 aromatic heterocycles. The standard InChI is InChI=1S/C21H18Cl2N2O3/c1-2-28-21(27)20-16(15-8-7-14(22)11-18(15)25-20)9-10-19(26)24-12-13-5-3-4-6-17(13)23/h3-11,25H,2,12H2,1H3,(H,24,26)/b10-9+. The van der Waals surface area contributed by atoms with Gasteiger partial charge in [0, 0.05) is 39.1 Å². The Balaban J connectivity index is 1.83. The number of aromatic amines is 1. The van der Waals surface area contributed by atoms with Crippen LogP contribution >= 0.6 is 23.2 Å². The number of fused-ring (bicyclic) bond motifs is 1. The van der Waals surface area contributed by atoms with Crippen LogP contribution in [0.5, 0.6) is 0 Å². The Kier molecular flexibility index (Phi) is 6.39. The normalized spacial score (nSPS) is 11.1. The zero-order valence-corrected chi connectivity index (χ0v) is 16.6. The third-order valence-electron chi connectivity index (χ3n) is 4.09. The van der Waals surface area contributed by atoms with Crippen LogP contribution in [0.25, 0.3) is 17.0 Å². The maximum Gasteiger partial charge on any atom is 0.355 e. The second-order valence-corrected chi connectivity index (χ2v) is 6.81. The van der Waals surface area contributed by atoms with E-state index in [0.29, 0.717) is 27.7 Å². The zero-order chi connectivity index (χ0) is 20.1. The van der Waals surface area contributed by atoms with Gasteiger partial charge >= 0.3 is 5.97 Å². The van der Waals surface area contributed by atoms with Crippen molar-refractivity contribution in [3.8, 4) is 0 Å². The third-order valence-corrected chi connectivity index (χ3v) is 4.70. The van der Waals surface area contributed by atoms with Crippen LogP contribution in [-0.4, -0.2) is 23.5 Å². The number of ether oxygens (including phenoxy) is 1. The Bertz CT molecular complexity index is 1060. The molecule has 0 aliphatic heterocycles. The molecule has 5 nitrogen and oxygen atoms in total. The van der Waals surface area contributed by atoms with Crippen LogP contribution in [0.15, 0.2) is 48.5 Å². The highest BCUT2D eigenvalue weighted by atomic mass is 35.5. The van der Waals surface area contributed by atoms with Crippen LogP contribution in [-0.2, 0) is 16.1 Å². The van der Waals surface area contributed by atoms with Crippen LogP contribution in [0.1, 0.15) is 28.5 Å². The maximum absolute atomic E-state index is 12.3. The Morgan fingerprint density at radius 1 is 1.18 bits per heavy atom. The molecule has 0 saturated heterocycles. The SMILES string of the molecule is CCOC(=O)c1[nH]c2cc(Cl)ccc2c1/C=C/C(=O)NCc1ccccc1Cl. The number of rotatable bonds is 6. The van der Waals surface area contributed by atoms with Gasteiger partial charge in [-0.3, -0.25) is 4.79 Å². The number of hydrogen-bond acceptors (Lipinski definition) is 3. The van der Waals surface area contributed by atoms with Crippen LogP contribution in [0, 0.1) is 0 Å². The highest BCUT2D eigenvalue weighted by Crippen LogP contribution is 2.27. The van der Waals surface area contributed by atoms with Gasteiger partial charge in [-0.2, -0.15) is 0 Å². The summed E-state index contributed by atoms with van der Waals surface area (Å²) in [4.78, 5) is 27.5. The van der Waals surface area contributed by atoms with Gasteiger partial charge in [-0.05, 0) is 36.8 Å². The van der Waals surface area contributed by atoms with E-state index in [2.05, 4.69) is 10.3 Å². The Morgan fingerprint density at radius 2 is 1.96 bits per heavy atom. The Morgan fingerprint density at radius 3 is 2.71 bits per heavy atom. The lowest BCUT2D eigenvalue weighted by molar-refractivity contribution is -0.116. The van der Waals surface area contributed by atoms with Crippen molar-refractivity contribution in [2.24, 2.45) is 0 Å². The number of carbonyl (C=O) groups is 2. The number of esters is 1. The first-order chi connectivity index (χ1) is 13.5. The summed E-state index contributed by atoms with van der Waals surface area (Å²) in [6, 6.07) is 12.5. The summed E-state index contributed by atoms with van der Waals surface area (Å²) < 4.78 is 5.10. The fourth-order valence-corrected chi connectivity index (χ4v) is 3.15. The molecule has 0 spiro atoms. The monoisotopic (exact) mass is 416 g/mol. The van der Waals surface area contributed by atoms with E-state index in [4.69, 9.17) is 27.9 Å². The lowest BCUT2D eigenvalue weighted by Crippen LogP contribution is -2.20. The van der Waals surface area contributed by atoms with Gasteiger partial charge in [-0.1, -0.05) is 47.5 Å². The molecule has 28 heavy (non-hydrogen) atoms. The summed E-state index contributed by atoms with van der Waals surface area (Å²) in [6.07, 6.45) is 2.96. The van der Waals surface area contributed by atoms with Gasteiger partial charge in [0.05, 0.1) is 6.61 Å². The average Bonchev–Trinajstić information content (AvgIpc) is 3.03. The first kappa shape index (κ1) is 20.0. The molecule has 0 radical (unpaired) electrons. The van der Waals surface area contributed by atoms with Gasteiger partial charge in [0.15, 0.2) is 0 Å². The van der Waals surface area contributed by atoms with Crippen molar-refractivity contribution in [3.05, 3.63) is 75.4 Å². The lowest BCUT2D eigenvalue weighted by Gasteiger charge is -2.04. The molecule has 1 amide bonds. The van der Waals surface area contributed by atoms with Crippen molar-refractivity contribution < 1.29 is 14.3 Å². The van der Waals surface area contributed by atoms with Crippen molar-refractivity contribution in [2.45, 2.75) is 13.5 Å². The number of hydrogen-bond donors (Lipinski definition) is 2. The van der Waals surface area contributed by atoms with Crippen molar-refractivity contribution in [3.63, 3.8) is 0 Å². The minimum Gasteiger partial charge on any atom is -0.461 e. The number of aromatic nitrogens is 1. The summed E-state index contributed by atoms with van der Waals surface area (Å²) >= 11 is 12.1. The number of benzene rings is 2. The van der Waals surface area contributed by atoms with Crippen molar-refractivity contribution in [2.75, 3.05) is 6.61 Å². The van der Waals surface area contributed by atoms with E-state index < -0.39 is 5.97 Å². The van der Waals surface area contributed by atoms with E-state index in [0.717, 1.165) is 10.9 Å². The highest BCUT2D eigenvalue weighted by molar-refractivity contribution is 6.31. The van der Waals surface area contributed by atoms with Crippen LogP contribution in [0.3, 0.4) is 0 Å². The molecule has 144 valence electrons. The molecule has 0 fully saturated rings. The number of H-pyrrole nitrogens is 1. The van der Waals surface area contributed by atoms with E-state index in [1.807, 2.05) is 18.2 Å². The van der Waals surface area contributed by atoms with Gasteiger partial charge in [0.1, 0.15) is 5.69 Å². The molecular weight excluding hydrogens is 399 g/mol. The molecule has 2 N–H and O–H groups in total. The van der Waals surface area contributed by atoms with E-state index in [-0.39, 0.29) is 18.2 Å². The van der Waals surface area contributed by atoms with E-state index in [1.54, 1.807) is 37.3 Å². The molecule has 0 aliphatic rings. The number of nitrogens with one attached hydrogen (secondary N) is 2. The number of carbonyl (C=O) groups excluding carboxylic acids is 2. The van der Waals surface area contributed by atoms with Crippen molar-refractivity contribution >= 4 is 52.1 Å². The summed E-state index contributed by atoms with van der Waals surface area (Å²) in [5.74, 6) is -0.802.